The van der Waals surface area contributed by atoms with Crippen molar-refractivity contribution in [3.05, 3.63) is 92.2 Å². The van der Waals surface area contributed by atoms with Crippen molar-refractivity contribution in [3.8, 4) is 5.75 Å². The van der Waals surface area contributed by atoms with Gasteiger partial charge in [-0.2, -0.15) is 0 Å². The Morgan fingerprint density at radius 1 is 1.13 bits per heavy atom. The second kappa shape index (κ2) is 10.0. The molecule has 0 saturated heterocycles. The SMILES string of the molecule is O=C(COc1ccc(C=Nc2ccc(Cl)c([N+](=O)[O-])c2)cc1Cl)Nc1ccccc1F. The van der Waals surface area contributed by atoms with Crippen molar-refractivity contribution in [2.24, 2.45) is 4.99 Å². The molecule has 0 atom stereocenters. The van der Waals surface area contributed by atoms with E-state index in [1.807, 2.05) is 0 Å². The van der Waals surface area contributed by atoms with E-state index in [4.69, 9.17) is 27.9 Å². The largest absolute Gasteiger partial charge is 0.482 e. The highest BCUT2D eigenvalue weighted by Crippen LogP contribution is 2.29. The zero-order valence-electron chi connectivity index (χ0n) is 15.7. The molecule has 3 rings (SSSR count). The molecule has 0 unspecified atom stereocenters. The Hall–Kier alpha value is -3.49. The van der Waals surface area contributed by atoms with Crippen molar-refractivity contribution < 1.29 is 18.8 Å². The van der Waals surface area contributed by atoms with Crippen LogP contribution in [0, 0.1) is 15.9 Å². The minimum atomic E-state index is -0.591. The maximum absolute atomic E-state index is 13.6. The summed E-state index contributed by atoms with van der Waals surface area (Å²) in [7, 11) is 0. The Bertz CT molecular complexity index is 1170. The zero-order valence-corrected chi connectivity index (χ0v) is 17.2. The number of carbonyl (C=O) groups excluding carboxylic acids is 1. The summed E-state index contributed by atoms with van der Waals surface area (Å²) < 4.78 is 19.0. The number of hydrogen-bond donors (Lipinski definition) is 1. The maximum Gasteiger partial charge on any atom is 0.290 e. The van der Waals surface area contributed by atoms with Crippen LogP contribution in [-0.4, -0.2) is 23.7 Å². The number of aliphatic imine (C=N–C) groups is 1. The van der Waals surface area contributed by atoms with Crippen molar-refractivity contribution >= 4 is 52.4 Å². The first-order chi connectivity index (χ1) is 14.8. The Morgan fingerprint density at radius 3 is 2.61 bits per heavy atom. The Balaban J connectivity index is 1.63. The molecule has 0 aliphatic heterocycles. The van der Waals surface area contributed by atoms with Gasteiger partial charge in [-0.1, -0.05) is 35.3 Å². The average Bonchev–Trinajstić information content (AvgIpc) is 2.74. The van der Waals surface area contributed by atoms with E-state index in [-0.39, 0.29) is 33.8 Å². The standard InChI is InChI=1S/C21H14Cl2FN3O4/c22-15-7-6-14(10-19(15)27(29)30)25-11-13-5-8-20(16(23)9-13)31-12-21(28)26-18-4-2-1-3-17(18)24/h1-11H,12H2,(H,26,28). The van der Waals surface area contributed by atoms with Gasteiger partial charge in [0, 0.05) is 12.3 Å². The van der Waals surface area contributed by atoms with Crippen LogP contribution in [0.15, 0.2) is 65.7 Å². The summed E-state index contributed by atoms with van der Waals surface area (Å²) in [5.74, 6) is -0.843. The number of benzene rings is 3. The zero-order chi connectivity index (χ0) is 22.4. The lowest BCUT2D eigenvalue weighted by molar-refractivity contribution is -0.384. The summed E-state index contributed by atoms with van der Waals surface area (Å²) in [6, 6.07) is 14.7. The number of nitro benzene ring substituents is 1. The third-order valence-electron chi connectivity index (χ3n) is 3.95. The molecular formula is C21H14Cl2FN3O4. The molecule has 0 aliphatic carbocycles. The smallest absolute Gasteiger partial charge is 0.290 e. The highest BCUT2D eigenvalue weighted by atomic mass is 35.5. The lowest BCUT2D eigenvalue weighted by Gasteiger charge is -2.09. The first-order valence-corrected chi connectivity index (χ1v) is 9.54. The number of para-hydroxylation sites is 1. The van der Waals surface area contributed by atoms with E-state index in [1.54, 1.807) is 30.3 Å². The van der Waals surface area contributed by atoms with Gasteiger partial charge in [-0.25, -0.2) is 4.39 Å². The third-order valence-corrected chi connectivity index (χ3v) is 4.57. The van der Waals surface area contributed by atoms with Gasteiger partial charge in [0.2, 0.25) is 0 Å². The molecule has 0 bridgehead atoms. The fourth-order valence-corrected chi connectivity index (χ4v) is 2.91. The molecule has 0 aliphatic rings. The number of hydrogen-bond acceptors (Lipinski definition) is 5. The van der Waals surface area contributed by atoms with Gasteiger partial charge >= 0.3 is 0 Å². The fraction of sp³-hybridized carbons (Fsp3) is 0.0476. The van der Waals surface area contributed by atoms with Crippen LogP contribution in [0.25, 0.3) is 0 Å². The fourth-order valence-electron chi connectivity index (χ4n) is 2.48. The molecule has 31 heavy (non-hydrogen) atoms. The van der Waals surface area contributed by atoms with E-state index in [0.29, 0.717) is 11.3 Å². The lowest BCUT2D eigenvalue weighted by Crippen LogP contribution is -2.20. The van der Waals surface area contributed by atoms with E-state index >= 15 is 0 Å². The second-order valence-corrected chi connectivity index (χ2v) is 6.97. The van der Waals surface area contributed by atoms with E-state index in [0.717, 1.165) is 0 Å². The predicted octanol–water partition coefficient (Wildman–Crippen LogP) is 5.81. The summed E-state index contributed by atoms with van der Waals surface area (Å²) in [6.45, 7) is -0.365. The van der Waals surface area contributed by atoms with Crippen LogP contribution < -0.4 is 10.1 Å². The number of halogens is 3. The van der Waals surface area contributed by atoms with Gasteiger partial charge in [-0.3, -0.25) is 19.9 Å². The number of rotatable bonds is 7. The number of nitrogens with zero attached hydrogens (tertiary/aromatic N) is 2. The molecule has 0 aromatic heterocycles. The molecule has 1 amide bonds. The molecule has 10 heteroatoms. The molecule has 0 spiro atoms. The van der Waals surface area contributed by atoms with E-state index < -0.39 is 16.6 Å². The Morgan fingerprint density at radius 2 is 1.90 bits per heavy atom. The molecule has 0 radical (unpaired) electrons. The van der Waals surface area contributed by atoms with Crippen molar-refractivity contribution in [1.82, 2.24) is 0 Å². The Labute approximate surface area is 186 Å². The first kappa shape index (κ1) is 22.2. The third kappa shape index (κ3) is 6.00. The molecule has 7 nitrogen and oxygen atoms in total. The van der Waals surface area contributed by atoms with Crippen LogP contribution in [0.2, 0.25) is 10.0 Å². The molecule has 3 aromatic rings. The number of ether oxygens (including phenoxy) is 1. The molecule has 1 N–H and O–H groups in total. The predicted molar refractivity (Wildman–Crippen MR) is 117 cm³/mol. The van der Waals surface area contributed by atoms with Crippen LogP contribution in [0.1, 0.15) is 5.56 Å². The monoisotopic (exact) mass is 461 g/mol. The van der Waals surface area contributed by atoms with E-state index in [1.165, 1.54) is 36.5 Å². The summed E-state index contributed by atoms with van der Waals surface area (Å²) in [5, 5.41) is 13.6. The topological polar surface area (TPSA) is 93.8 Å². The van der Waals surface area contributed by atoms with Crippen LogP contribution >= 0.6 is 23.2 Å². The summed E-state index contributed by atoms with van der Waals surface area (Å²) >= 11 is 12.0. The van der Waals surface area contributed by atoms with Crippen LogP contribution in [0.4, 0.5) is 21.5 Å². The average molecular weight is 462 g/mol. The number of anilines is 1. The second-order valence-electron chi connectivity index (χ2n) is 6.16. The molecule has 158 valence electrons. The number of carbonyl (C=O) groups is 1. The van der Waals surface area contributed by atoms with Gasteiger partial charge in [0.25, 0.3) is 11.6 Å². The Kier molecular flexibility index (Phi) is 7.17. The van der Waals surface area contributed by atoms with Gasteiger partial charge in [0.1, 0.15) is 16.6 Å². The van der Waals surface area contributed by atoms with E-state index in [2.05, 4.69) is 10.3 Å². The molecule has 0 heterocycles. The quantitative estimate of drug-likeness (QED) is 0.273. The minimum Gasteiger partial charge on any atom is -0.482 e. The molecular weight excluding hydrogens is 448 g/mol. The number of nitrogens with one attached hydrogen (secondary N) is 1. The minimum absolute atomic E-state index is 0.0209. The highest BCUT2D eigenvalue weighted by molar-refractivity contribution is 6.33. The van der Waals surface area contributed by atoms with Gasteiger partial charge in [-0.15, -0.1) is 0 Å². The van der Waals surface area contributed by atoms with Crippen LogP contribution in [-0.2, 0) is 4.79 Å². The van der Waals surface area contributed by atoms with E-state index in [9.17, 15) is 19.3 Å². The summed E-state index contributed by atoms with van der Waals surface area (Å²) in [6.07, 6.45) is 1.47. The van der Waals surface area contributed by atoms with Gasteiger partial charge in [0.15, 0.2) is 6.61 Å². The number of nitro groups is 1. The molecule has 3 aromatic carbocycles. The highest BCUT2D eigenvalue weighted by Gasteiger charge is 2.12. The maximum atomic E-state index is 13.6. The van der Waals surface area contributed by atoms with Gasteiger partial charge in [0.05, 0.1) is 21.3 Å². The molecule has 0 saturated carbocycles. The lowest BCUT2D eigenvalue weighted by atomic mass is 10.2. The summed E-state index contributed by atoms with van der Waals surface area (Å²) in [4.78, 5) is 26.5. The van der Waals surface area contributed by atoms with Gasteiger partial charge < -0.3 is 10.1 Å². The van der Waals surface area contributed by atoms with Crippen LogP contribution in [0.5, 0.6) is 5.75 Å². The van der Waals surface area contributed by atoms with Crippen molar-refractivity contribution in [1.29, 1.82) is 0 Å². The van der Waals surface area contributed by atoms with Crippen molar-refractivity contribution in [3.63, 3.8) is 0 Å². The summed E-state index contributed by atoms with van der Waals surface area (Å²) in [5.41, 5.74) is 0.756. The van der Waals surface area contributed by atoms with Gasteiger partial charge in [-0.05, 0) is 48.0 Å². The van der Waals surface area contributed by atoms with Crippen molar-refractivity contribution in [2.75, 3.05) is 11.9 Å². The van der Waals surface area contributed by atoms with Crippen molar-refractivity contribution in [2.45, 2.75) is 0 Å². The number of amides is 1. The normalized spacial score (nSPS) is 10.8. The molecule has 0 fully saturated rings. The first-order valence-electron chi connectivity index (χ1n) is 8.78. The van der Waals surface area contributed by atoms with Crippen LogP contribution in [0.3, 0.4) is 0 Å².